The molecule has 0 aromatic carbocycles. The molecular weight excluding hydrogens is 270 g/mol. The molecule has 3 aliphatic rings. The number of β-lactam (4-membered cyclic amide) rings is 1. The Bertz CT molecular complexity index is 544. The molecule has 20 heavy (non-hydrogen) atoms. The van der Waals surface area contributed by atoms with Crippen LogP contribution in [-0.4, -0.2) is 57.6 Å². The first-order valence-electron chi connectivity index (χ1n) is 6.21. The molecule has 3 aliphatic heterocycles. The summed E-state index contributed by atoms with van der Waals surface area (Å²) in [7, 11) is 0. The van der Waals surface area contributed by atoms with Crippen LogP contribution in [0.4, 0.5) is 0 Å². The summed E-state index contributed by atoms with van der Waals surface area (Å²) < 4.78 is 10.2. The van der Waals surface area contributed by atoms with Gasteiger partial charge in [-0.05, 0) is 6.92 Å². The summed E-state index contributed by atoms with van der Waals surface area (Å²) in [5, 5.41) is 9.30. The number of carbonyl (C=O) groups is 4. The van der Waals surface area contributed by atoms with Crippen LogP contribution in [0.1, 0.15) is 20.3 Å². The SMILES string of the molecule is CC(=O)O[C@@H]1C(=O)N2[C@@H]1[C@@]1(C)OC(=O)C[C@H]1[C@@H]2C(=O)O. The van der Waals surface area contributed by atoms with Crippen LogP contribution >= 0.6 is 0 Å². The van der Waals surface area contributed by atoms with Crippen LogP contribution < -0.4 is 0 Å². The average molecular weight is 283 g/mol. The highest BCUT2D eigenvalue weighted by molar-refractivity contribution is 5.97. The summed E-state index contributed by atoms with van der Waals surface area (Å²) in [6.07, 6.45) is -1.13. The molecule has 3 fully saturated rings. The van der Waals surface area contributed by atoms with E-state index in [-0.39, 0.29) is 6.42 Å². The molecule has 0 bridgehead atoms. The molecule has 1 N–H and O–H groups in total. The number of fused-ring (bicyclic) bond motifs is 3. The van der Waals surface area contributed by atoms with Crippen molar-refractivity contribution in [3.63, 3.8) is 0 Å². The highest BCUT2D eigenvalue weighted by atomic mass is 16.6. The fourth-order valence-electron chi connectivity index (χ4n) is 3.60. The van der Waals surface area contributed by atoms with E-state index in [1.165, 1.54) is 6.92 Å². The van der Waals surface area contributed by atoms with E-state index in [1.54, 1.807) is 6.92 Å². The lowest BCUT2D eigenvalue weighted by molar-refractivity contribution is -0.195. The quantitative estimate of drug-likeness (QED) is 0.507. The Balaban J connectivity index is 1.99. The number of carboxylic acid groups (broad SMARTS) is 1. The van der Waals surface area contributed by atoms with Gasteiger partial charge in [-0.3, -0.25) is 14.4 Å². The third-order valence-electron chi connectivity index (χ3n) is 4.35. The van der Waals surface area contributed by atoms with Crippen LogP contribution in [0.3, 0.4) is 0 Å². The van der Waals surface area contributed by atoms with Crippen LogP contribution in [0.2, 0.25) is 0 Å². The zero-order chi connectivity index (χ0) is 14.8. The largest absolute Gasteiger partial charge is 0.480 e. The van der Waals surface area contributed by atoms with Crippen molar-refractivity contribution in [2.24, 2.45) is 5.92 Å². The van der Waals surface area contributed by atoms with Gasteiger partial charge in [0, 0.05) is 12.8 Å². The molecule has 1 amide bonds. The highest BCUT2D eigenvalue weighted by Gasteiger charge is 2.75. The lowest BCUT2D eigenvalue weighted by Crippen LogP contribution is -2.70. The fraction of sp³-hybridized carbons (Fsp3) is 0.667. The molecular formula is C12H13NO7. The Morgan fingerprint density at radius 1 is 1.45 bits per heavy atom. The Labute approximate surface area is 113 Å². The minimum absolute atomic E-state index is 0.0550. The molecule has 108 valence electrons. The van der Waals surface area contributed by atoms with Crippen molar-refractivity contribution in [3.05, 3.63) is 0 Å². The first-order valence-corrected chi connectivity index (χ1v) is 6.21. The van der Waals surface area contributed by atoms with Gasteiger partial charge in [-0.1, -0.05) is 0 Å². The minimum Gasteiger partial charge on any atom is -0.480 e. The number of hydrogen-bond donors (Lipinski definition) is 1. The number of nitrogens with zero attached hydrogens (tertiary/aromatic N) is 1. The molecule has 3 saturated heterocycles. The standard InChI is InChI=1S/C12H13NO7/c1-4(14)19-8-9-12(2)5(3-6(15)20-12)7(11(17)18)13(9)10(8)16/h5,7-9H,3H2,1-2H3,(H,17,18)/t5-,7+,8-,9-,12-/m0/s1. The monoisotopic (exact) mass is 283 g/mol. The van der Waals surface area contributed by atoms with Gasteiger partial charge in [0.2, 0.25) is 6.10 Å². The summed E-state index contributed by atoms with van der Waals surface area (Å²) in [6.45, 7) is 2.76. The number of rotatable bonds is 2. The Morgan fingerprint density at radius 3 is 2.65 bits per heavy atom. The van der Waals surface area contributed by atoms with E-state index >= 15 is 0 Å². The van der Waals surface area contributed by atoms with Crippen molar-refractivity contribution < 1.29 is 33.8 Å². The second-order valence-corrected chi connectivity index (χ2v) is 5.47. The molecule has 3 heterocycles. The summed E-state index contributed by atoms with van der Waals surface area (Å²) in [6, 6.07) is -1.84. The number of ether oxygens (including phenoxy) is 2. The summed E-state index contributed by atoms with van der Waals surface area (Å²) in [5.41, 5.74) is -1.12. The van der Waals surface area contributed by atoms with Gasteiger partial charge in [0.1, 0.15) is 17.7 Å². The number of hydrogen-bond acceptors (Lipinski definition) is 6. The van der Waals surface area contributed by atoms with Gasteiger partial charge in [-0.2, -0.15) is 0 Å². The Hall–Kier alpha value is -2.12. The smallest absolute Gasteiger partial charge is 0.326 e. The van der Waals surface area contributed by atoms with Crippen LogP contribution in [0.25, 0.3) is 0 Å². The van der Waals surface area contributed by atoms with E-state index in [0.717, 1.165) is 4.90 Å². The van der Waals surface area contributed by atoms with Crippen molar-refractivity contribution >= 4 is 23.8 Å². The second kappa shape index (κ2) is 3.71. The van der Waals surface area contributed by atoms with Crippen molar-refractivity contribution in [1.82, 2.24) is 4.90 Å². The van der Waals surface area contributed by atoms with Crippen molar-refractivity contribution in [1.29, 1.82) is 0 Å². The van der Waals surface area contributed by atoms with Gasteiger partial charge >= 0.3 is 17.9 Å². The van der Waals surface area contributed by atoms with Crippen LogP contribution in [0, 0.1) is 5.92 Å². The van der Waals surface area contributed by atoms with Crippen molar-refractivity contribution in [2.75, 3.05) is 0 Å². The maximum absolute atomic E-state index is 12.0. The molecule has 0 unspecified atom stereocenters. The van der Waals surface area contributed by atoms with E-state index < -0.39 is 53.5 Å². The van der Waals surface area contributed by atoms with Gasteiger partial charge < -0.3 is 19.5 Å². The maximum Gasteiger partial charge on any atom is 0.326 e. The highest BCUT2D eigenvalue weighted by Crippen LogP contribution is 2.53. The summed E-state index contributed by atoms with van der Waals surface area (Å²) in [4.78, 5) is 47.1. The van der Waals surface area contributed by atoms with Gasteiger partial charge in [-0.15, -0.1) is 0 Å². The maximum atomic E-state index is 12.0. The molecule has 0 radical (unpaired) electrons. The molecule has 5 atom stereocenters. The number of amides is 1. The van der Waals surface area contributed by atoms with E-state index in [1.807, 2.05) is 0 Å². The molecule has 3 rings (SSSR count). The second-order valence-electron chi connectivity index (χ2n) is 5.47. The molecule has 0 spiro atoms. The van der Waals surface area contributed by atoms with E-state index in [9.17, 15) is 24.3 Å². The summed E-state index contributed by atoms with van der Waals surface area (Å²) >= 11 is 0. The number of aliphatic carboxylic acids is 1. The first-order chi connectivity index (χ1) is 9.27. The topological polar surface area (TPSA) is 110 Å². The van der Waals surface area contributed by atoms with E-state index in [4.69, 9.17) is 9.47 Å². The third-order valence-corrected chi connectivity index (χ3v) is 4.35. The van der Waals surface area contributed by atoms with Crippen LogP contribution in [0.5, 0.6) is 0 Å². The van der Waals surface area contributed by atoms with Gasteiger partial charge in [0.05, 0.1) is 6.42 Å². The third kappa shape index (κ3) is 1.36. The molecule has 8 nitrogen and oxygen atoms in total. The lowest BCUT2D eigenvalue weighted by Gasteiger charge is -2.46. The Morgan fingerprint density at radius 2 is 2.10 bits per heavy atom. The molecule has 0 aromatic heterocycles. The zero-order valence-corrected chi connectivity index (χ0v) is 10.9. The summed E-state index contributed by atoms with van der Waals surface area (Å²) in [5.74, 6) is -3.49. The first kappa shape index (κ1) is 12.9. The minimum atomic E-state index is -1.18. The molecule has 8 heteroatoms. The van der Waals surface area contributed by atoms with E-state index in [0.29, 0.717) is 0 Å². The van der Waals surface area contributed by atoms with Gasteiger partial charge in [-0.25, -0.2) is 4.79 Å². The number of esters is 2. The van der Waals surface area contributed by atoms with Crippen LogP contribution in [0.15, 0.2) is 0 Å². The Kier molecular flexibility index (Phi) is 2.39. The number of carbonyl (C=O) groups excluding carboxylic acids is 3. The predicted octanol–water partition coefficient (Wildman–Crippen LogP) is -1.08. The average Bonchev–Trinajstić information content (AvgIpc) is 2.71. The predicted molar refractivity (Wildman–Crippen MR) is 60.2 cm³/mol. The number of carboxylic acids is 1. The van der Waals surface area contributed by atoms with Gasteiger partial charge in [0.15, 0.2) is 0 Å². The zero-order valence-electron chi connectivity index (χ0n) is 10.9. The molecule has 0 aliphatic carbocycles. The normalized spacial score (nSPS) is 41.6. The van der Waals surface area contributed by atoms with Gasteiger partial charge in [0.25, 0.3) is 5.91 Å². The van der Waals surface area contributed by atoms with E-state index in [2.05, 4.69) is 0 Å². The fourth-order valence-corrected chi connectivity index (χ4v) is 3.60. The molecule has 0 saturated carbocycles. The van der Waals surface area contributed by atoms with Crippen LogP contribution in [-0.2, 0) is 28.7 Å². The van der Waals surface area contributed by atoms with Crippen molar-refractivity contribution in [3.8, 4) is 0 Å². The lowest BCUT2D eigenvalue weighted by atomic mass is 9.81. The molecule has 0 aromatic rings. The van der Waals surface area contributed by atoms with Crippen molar-refractivity contribution in [2.45, 2.75) is 44.1 Å².